The van der Waals surface area contributed by atoms with E-state index in [0.717, 1.165) is 32.5 Å². The maximum atomic E-state index is 9.02. The van der Waals surface area contributed by atoms with Gasteiger partial charge in [0, 0.05) is 18.7 Å². The first-order valence-corrected chi connectivity index (χ1v) is 5.27. The molecule has 1 saturated heterocycles. The zero-order chi connectivity index (χ0) is 9.73. The molecule has 0 radical (unpaired) electrons. The zero-order valence-electron chi connectivity index (χ0n) is 8.84. The van der Waals surface area contributed by atoms with Crippen LogP contribution in [0.4, 0.5) is 0 Å². The third-order valence-corrected chi connectivity index (χ3v) is 2.89. The van der Waals surface area contributed by atoms with Gasteiger partial charge in [-0.2, -0.15) is 0 Å². The van der Waals surface area contributed by atoms with E-state index in [9.17, 15) is 0 Å². The van der Waals surface area contributed by atoms with Gasteiger partial charge in [0.25, 0.3) is 0 Å². The highest BCUT2D eigenvalue weighted by Crippen LogP contribution is 2.23. The minimum Gasteiger partial charge on any atom is -0.396 e. The maximum absolute atomic E-state index is 9.02. The van der Waals surface area contributed by atoms with Gasteiger partial charge in [0.05, 0.1) is 0 Å². The number of likely N-dealkylation sites (N-methyl/N-ethyl adjacent to an activating group) is 1. The summed E-state index contributed by atoms with van der Waals surface area (Å²) in [6, 6.07) is 0. The van der Waals surface area contributed by atoms with Crippen LogP contribution >= 0.6 is 0 Å². The highest BCUT2D eigenvalue weighted by molar-refractivity contribution is 4.95. The molecule has 1 rings (SSSR count). The normalized spacial score (nSPS) is 29.8. The summed E-state index contributed by atoms with van der Waals surface area (Å²) < 4.78 is 0. The highest BCUT2D eigenvalue weighted by atomic mass is 16.3. The molecular weight excluding hydrogens is 164 g/mol. The molecule has 2 N–H and O–H groups in total. The number of aliphatic hydroxyl groups excluding tert-OH is 1. The van der Waals surface area contributed by atoms with Crippen LogP contribution < -0.4 is 5.32 Å². The summed E-state index contributed by atoms with van der Waals surface area (Å²) >= 11 is 0. The molecule has 0 amide bonds. The molecular formula is C10H22N2O. The molecule has 0 aliphatic carbocycles. The molecule has 1 heterocycles. The van der Waals surface area contributed by atoms with Crippen molar-refractivity contribution in [1.82, 2.24) is 10.2 Å². The van der Waals surface area contributed by atoms with Crippen LogP contribution in [0, 0.1) is 0 Å². The van der Waals surface area contributed by atoms with E-state index in [4.69, 9.17) is 5.11 Å². The van der Waals surface area contributed by atoms with Gasteiger partial charge >= 0.3 is 0 Å². The van der Waals surface area contributed by atoms with Gasteiger partial charge in [0.1, 0.15) is 0 Å². The highest BCUT2D eigenvalue weighted by Gasteiger charge is 2.35. The van der Waals surface area contributed by atoms with Crippen LogP contribution in [-0.4, -0.2) is 48.8 Å². The van der Waals surface area contributed by atoms with E-state index in [1.165, 1.54) is 6.42 Å². The first kappa shape index (κ1) is 11.0. The Morgan fingerprint density at radius 3 is 2.77 bits per heavy atom. The lowest BCUT2D eigenvalue weighted by Gasteiger charge is -2.29. The van der Waals surface area contributed by atoms with Crippen LogP contribution in [0.2, 0.25) is 0 Å². The Morgan fingerprint density at radius 2 is 2.31 bits per heavy atom. The predicted octanol–water partition coefficient (Wildman–Crippen LogP) is 0.443. The summed E-state index contributed by atoms with van der Waals surface area (Å²) in [5, 5.41) is 12.6. The molecule has 0 spiro atoms. The summed E-state index contributed by atoms with van der Waals surface area (Å²) in [4.78, 5) is 2.33. The molecule has 1 fully saturated rings. The number of nitrogens with one attached hydrogen (secondary N) is 1. The molecule has 0 aromatic heterocycles. The zero-order valence-corrected chi connectivity index (χ0v) is 8.84. The third-order valence-electron chi connectivity index (χ3n) is 2.89. The van der Waals surface area contributed by atoms with Crippen LogP contribution in [0.15, 0.2) is 0 Å². The van der Waals surface area contributed by atoms with Crippen molar-refractivity contribution in [3.63, 3.8) is 0 Å². The fourth-order valence-electron chi connectivity index (χ4n) is 2.12. The molecule has 1 aliphatic rings. The van der Waals surface area contributed by atoms with Crippen molar-refractivity contribution < 1.29 is 5.11 Å². The van der Waals surface area contributed by atoms with E-state index in [-0.39, 0.29) is 5.54 Å². The van der Waals surface area contributed by atoms with Crippen molar-refractivity contribution in [2.45, 2.75) is 31.7 Å². The van der Waals surface area contributed by atoms with Crippen LogP contribution in [0.3, 0.4) is 0 Å². The Labute approximate surface area is 81.1 Å². The fourth-order valence-corrected chi connectivity index (χ4v) is 2.12. The number of rotatable bonds is 5. The van der Waals surface area contributed by atoms with E-state index >= 15 is 0 Å². The lowest BCUT2D eigenvalue weighted by molar-refractivity contribution is 0.209. The van der Waals surface area contributed by atoms with Gasteiger partial charge in [-0.25, -0.2) is 0 Å². The monoisotopic (exact) mass is 186 g/mol. The van der Waals surface area contributed by atoms with E-state index in [0.29, 0.717) is 6.61 Å². The van der Waals surface area contributed by atoms with Gasteiger partial charge in [-0.05, 0) is 39.4 Å². The quantitative estimate of drug-likeness (QED) is 0.654. The first-order valence-electron chi connectivity index (χ1n) is 5.27. The molecule has 3 nitrogen and oxygen atoms in total. The Balaban J connectivity index is 2.44. The molecule has 0 bridgehead atoms. The van der Waals surface area contributed by atoms with E-state index in [2.05, 4.69) is 24.2 Å². The summed E-state index contributed by atoms with van der Waals surface area (Å²) in [6.45, 7) is 5.76. The summed E-state index contributed by atoms with van der Waals surface area (Å²) in [5.41, 5.74) is 0.194. The summed E-state index contributed by atoms with van der Waals surface area (Å²) in [6.07, 6.45) is 3.22. The van der Waals surface area contributed by atoms with Crippen molar-refractivity contribution in [3.05, 3.63) is 0 Å². The van der Waals surface area contributed by atoms with Gasteiger partial charge in [-0.1, -0.05) is 6.92 Å². The number of hydrogen-bond acceptors (Lipinski definition) is 3. The van der Waals surface area contributed by atoms with Gasteiger partial charge in [-0.3, -0.25) is 0 Å². The largest absolute Gasteiger partial charge is 0.396 e. The predicted molar refractivity (Wildman–Crippen MR) is 54.8 cm³/mol. The SMILES string of the molecule is CCCNC1(CCO)CCN(C)C1. The lowest BCUT2D eigenvalue weighted by atomic mass is 9.94. The van der Waals surface area contributed by atoms with Crippen molar-refractivity contribution >= 4 is 0 Å². The topological polar surface area (TPSA) is 35.5 Å². The minimum atomic E-state index is 0.194. The fraction of sp³-hybridized carbons (Fsp3) is 1.00. The summed E-state index contributed by atoms with van der Waals surface area (Å²) in [5.74, 6) is 0. The lowest BCUT2D eigenvalue weighted by Crippen LogP contribution is -2.48. The van der Waals surface area contributed by atoms with Crippen LogP contribution in [0.5, 0.6) is 0 Å². The molecule has 0 aromatic rings. The number of aliphatic hydroxyl groups is 1. The second-order valence-corrected chi connectivity index (χ2v) is 4.17. The van der Waals surface area contributed by atoms with Crippen molar-refractivity contribution in [2.24, 2.45) is 0 Å². The molecule has 0 saturated carbocycles. The molecule has 1 unspecified atom stereocenters. The minimum absolute atomic E-state index is 0.194. The number of nitrogens with zero attached hydrogens (tertiary/aromatic N) is 1. The van der Waals surface area contributed by atoms with E-state index in [1.54, 1.807) is 0 Å². The van der Waals surface area contributed by atoms with Crippen LogP contribution in [0.1, 0.15) is 26.2 Å². The van der Waals surface area contributed by atoms with E-state index < -0.39 is 0 Å². The number of hydrogen-bond donors (Lipinski definition) is 2. The Hall–Kier alpha value is -0.120. The van der Waals surface area contributed by atoms with Gasteiger partial charge < -0.3 is 15.3 Å². The Bertz CT molecular complexity index is 148. The second kappa shape index (κ2) is 4.94. The molecule has 1 atom stereocenters. The molecule has 0 aromatic carbocycles. The first-order chi connectivity index (χ1) is 6.22. The smallest absolute Gasteiger partial charge is 0.0449 e. The summed E-state index contributed by atoms with van der Waals surface area (Å²) in [7, 11) is 2.15. The Kier molecular flexibility index (Phi) is 4.16. The molecule has 3 heteroatoms. The average Bonchev–Trinajstić information content (AvgIpc) is 2.46. The van der Waals surface area contributed by atoms with Crippen molar-refractivity contribution in [1.29, 1.82) is 0 Å². The second-order valence-electron chi connectivity index (χ2n) is 4.17. The van der Waals surface area contributed by atoms with Crippen LogP contribution in [-0.2, 0) is 0 Å². The standard InChI is InChI=1S/C10H22N2O/c1-3-6-11-10(5-8-13)4-7-12(2)9-10/h11,13H,3-9H2,1-2H3. The molecule has 78 valence electrons. The third kappa shape index (κ3) is 2.93. The van der Waals surface area contributed by atoms with Crippen molar-refractivity contribution in [2.75, 3.05) is 33.3 Å². The van der Waals surface area contributed by atoms with Gasteiger partial charge in [-0.15, -0.1) is 0 Å². The Morgan fingerprint density at radius 1 is 1.54 bits per heavy atom. The average molecular weight is 186 g/mol. The van der Waals surface area contributed by atoms with Crippen LogP contribution in [0.25, 0.3) is 0 Å². The van der Waals surface area contributed by atoms with Crippen molar-refractivity contribution in [3.8, 4) is 0 Å². The maximum Gasteiger partial charge on any atom is 0.0449 e. The van der Waals surface area contributed by atoms with E-state index in [1.807, 2.05) is 0 Å². The number of likely N-dealkylation sites (tertiary alicyclic amines) is 1. The molecule has 1 aliphatic heterocycles. The van der Waals surface area contributed by atoms with Gasteiger partial charge in [0.2, 0.25) is 0 Å². The molecule has 13 heavy (non-hydrogen) atoms. The van der Waals surface area contributed by atoms with Gasteiger partial charge in [0.15, 0.2) is 0 Å².